The lowest BCUT2D eigenvalue weighted by atomic mass is 9.48. The van der Waals surface area contributed by atoms with Crippen LogP contribution in [0.2, 0.25) is 0 Å². The molecule has 2 N–H and O–H groups in total. The molecule has 1 aromatic heterocycles. The van der Waals surface area contributed by atoms with Gasteiger partial charge in [0.05, 0.1) is 29.0 Å². The zero-order valence-corrected chi connectivity index (χ0v) is 19.4. The molecule has 6 rings (SSSR count). The summed E-state index contributed by atoms with van der Waals surface area (Å²) in [6.45, 7) is 5.23. The first-order valence-corrected chi connectivity index (χ1v) is 13.0. The van der Waals surface area contributed by atoms with E-state index in [0.29, 0.717) is 50.1 Å². The minimum atomic E-state index is -4.04. The Kier molecular flexibility index (Phi) is 4.80. The molecule has 2 aliphatic carbocycles. The SMILES string of the molecule is C=CCN1CC[C@]23c4c5ccc(O)c4O[C@H]2[C@@H](OS(=O)(=O)C=Cc2ccoc2)CC[C@@]3(O)[C@H]1C5. The average Bonchev–Trinajstić information content (AvgIpc) is 3.43. The van der Waals surface area contributed by atoms with Gasteiger partial charge < -0.3 is 19.4 Å². The molecule has 1 saturated heterocycles. The molecule has 2 fully saturated rings. The maximum Gasteiger partial charge on any atom is 0.290 e. The Bertz CT molecular complexity index is 1270. The van der Waals surface area contributed by atoms with Crippen LogP contribution in [0.15, 0.2) is 53.2 Å². The number of nitrogens with zero attached hydrogens (tertiary/aromatic N) is 1. The highest BCUT2D eigenvalue weighted by molar-refractivity contribution is 7.89. The Morgan fingerprint density at radius 2 is 2.15 bits per heavy atom. The lowest BCUT2D eigenvalue weighted by Gasteiger charge is -2.63. The molecule has 5 atom stereocenters. The Balaban J connectivity index is 1.41. The van der Waals surface area contributed by atoms with Gasteiger partial charge in [-0.1, -0.05) is 12.1 Å². The predicted molar refractivity (Wildman–Crippen MR) is 124 cm³/mol. The summed E-state index contributed by atoms with van der Waals surface area (Å²) < 4.78 is 42.7. The van der Waals surface area contributed by atoms with Gasteiger partial charge in [-0.15, -0.1) is 6.58 Å². The van der Waals surface area contributed by atoms with E-state index in [9.17, 15) is 18.6 Å². The van der Waals surface area contributed by atoms with E-state index in [1.165, 1.54) is 18.6 Å². The van der Waals surface area contributed by atoms with Gasteiger partial charge in [-0.25, -0.2) is 0 Å². The van der Waals surface area contributed by atoms with Gasteiger partial charge in [-0.3, -0.25) is 9.08 Å². The van der Waals surface area contributed by atoms with Crippen molar-refractivity contribution in [3.63, 3.8) is 0 Å². The number of furan rings is 1. The smallest absolute Gasteiger partial charge is 0.290 e. The number of aliphatic hydroxyl groups is 1. The molecule has 1 aromatic carbocycles. The van der Waals surface area contributed by atoms with Crippen LogP contribution in [0.4, 0.5) is 0 Å². The van der Waals surface area contributed by atoms with Crippen molar-refractivity contribution in [3.8, 4) is 11.5 Å². The number of piperidine rings is 1. The van der Waals surface area contributed by atoms with Crippen molar-refractivity contribution in [3.05, 3.63) is 65.5 Å². The van der Waals surface area contributed by atoms with Gasteiger partial charge in [-0.05, 0) is 56.0 Å². The number of aromatic hydroxyl groups is 1. The molecule has 0 unspecified atom stereocenters. The zero-order valence-electron chi connectivity index (χ0n) is 18.6. The molecule has 2 aromatic rings. The highest BCUT2D eigenvalue weighted by Gasteiger charge is 2.73. The molecular weight excluding hydrogens is 458 g/mol. The van der Waals surface area contributed by atoms with Gasteiger partial charge in [0.2, 0.25) is 0 Å². The van der Waals surface area contributed by atoms with Crippen LogP contribution < -0.4 is 4.74 Å². The van der Waals surface area contributed by atoms with Crippen LogP contribution in [-0.2, 0) is 26.1 Å². The average molecular weight is 486 g/mol. The van der Waals surface area contributed by atoms with Gasteiger partial charge in [0, 0.05) is 23.7 Å². The van der Waals surface area contributed by atoms with E-state index in [0.717, 1.165) is 16.5 Å². The van der Waals surface area contributed by atoms with Crippen molar-refractivity contribution in [2.24, 2.45) is 0 Å². The van der Waals surface area contributed by atoms with E-state index in [-0.39, 0.29) is 11.8 Å². The third kappa shape index (κ3) is 2.90. The van der Waals surface area contributed by atoms with Crippen LogP contribution in [-0.4, -0.2) is 60.5 Å². The van der Waals surface area contributed by atoms with Gasteiger partial charge in [0.15, 0.2) is 11.5 Å². The molecular formula is C25H27NO7S. The van der Waals surface area contributed by atoms with E-state index in [1.54, 1.807) is 12.1 Å². The topological polar surface area (TPSA) is 109 Å². The fourth-order valence-electron chi connectivity index (χ4n) is 6.80. The molecule has 8 nitrogen and oxygen atoms in total. The summed E-state index contributed by atoms with van der Waals surface area (Å²) in [7, 11) is -4.04. The van der Waals surface area contributed by atoms with E-state index < -0.39 is 33.3 Å². The number of rotatable bonds is 6. The number of hydrogen-bond donors (Lipinski definition) is 2. The lowest BCUT2D eigenvalue weighted by molar-refractivity contribution is -0.202. The largest absolute Gasteiger partial charge is 0.504 e. The molecule has 2 aliphatic heterocycles. The summed E-state index contributed by atoms with van der Waals surface area (Å²) in [4.78, 5) is 2.24. The van der Waals surface area contributed by atoms with Crippen molar-refractivity contribution in [2.45, 2.75) is 54.9 Å². The number of ether oxygens (including phenoxy) is 1. The lowest BCUT2D eigenvalue weighted by Crippen LogP contribution is -2.77. The minimum Gasteiger partial charge on any atom is -0.504 e. The zero-order chi connectivity index (χ0) is 23.7. The first-order chi connectivity index (χ1) is 16.3. The Morgan fingerprint density at radius 3 is 2.91 bits per heavy atom. The Hall–Kier alpha value is -2.59. The molecule has 9 heteroatoms. The van der Waals surface area contributed by atoms with E-state index in [1.807, 2.05) is 12.1 Å². The van der Waals surface area contributed by atoms with E-state index in [4.69, 9.17) is 13.3 Å². The summed E-state index contributed by atoms with van der Waals surface area (Å²) >= 11 is 0. The number of hydrogen-bond acceptors (Lipinski definition) is 8. The van der Waals surface area contributed by atoms with Crippen molar-refractivity contribution in [1.29, 1.82) is 0 Å². The summed E-state index contributed by atoms with van der Waals surface area (Å²) in [5.41, 5.74) is 0.439. The molecule has 1 spiro atoms. The van der Waals surface area contributed by atoms with Crippen LogP contribution in [0.25, 0.3) is 6.08 Å². The summed E-state index contributed by atoms with van der Waals surface area (Å²) in [5.74, 6) is 0.344. The summed E-state index contributed by atoms with van der Waals surface area (Å²) in [5, 5.41) is 23.9. The van der Waals surface area contributed by atoms with E-state index >= 15 is 0 Å². The second-order valence-corrected chi connectivity index (χ2v) is 11.1. The third-order valence-electron chi connectivity index (χ3n) is 8.11. The number of phenolic OH excluding ortho intramolecular Hbond substituents is 1. The molecule has 34 heavy (non-hydrogen) atoms. The maximum atomic E-state index is 12.8. The number of benzene rings is 1. The molecule has 0 amide bonds. The van der Waals surface area contributed by atoms with Gasteiger partial charge >= 0.3 is 0 Å². The summed E-state index contributed by atoms with van der Waals surface area (Å²) in [6, 6.07) is 4.99. The van der Waals surface area contributed by atoms with Crippen LogP contribution in [0.3, 0.4) is 0 Å². The maximum absolute atomic E-state index is 12.8. The highest BCUT2D eigenvalue weighted by atomic mass is 32.2. The van der Waals surface area contributed by atoms with Gasteiger partial charge in [0.25, 0.3) is 10.1 Å². The normalized spacial score (nSPS) is 34.1. The highest BCUT2D eigenvalue weighted by Crippen LogP contribution is 2.65. The first-order valence-electron chi connectivity index (χ1n) is 11.5. The second kappa shape index (κ2) is 7.45. The van der Waals surface area contributed by atoms with Gasteiger partial charge in [-0.2, -0.15) is 8.42 Å². The molecule has 4 aliphatic rings. The monoisotopic (exact) mass is 485 g/mol. The Morgan fingerprint density at radius 1 is 1.29 bits per heavy atom. The standard InChI is InChI=1S/C25H27NO7S/c1-2-10-26-11-9-24-21-17-3-4-18(27)22(21)32-23(24)19(5-8-25(24,28)20(26)14-17)33-34(29,30)13-7-16-6-12-31-15-16/h2-4,6-7,12-13,15,19-20,23,27-28H,1,5,8-11,14H2/t19-,20+,23-,24-,25+/m0/s1. The third-order valence-corrected chi connectivity index (χ3v) is 9.10. The fourth-order valence-corrected chi connectivity index (χ4v) is 7.73. The van der Waals surface area contributed by atoms with Crippen LogP contribution in [0.1, 0.15) is 36.0 Å². The van der Waals surface area contributed by atoms with E-state index in [2.05, 4.69) is 11.5 Å². The summed E-state index contributed by atoms with van der Waals surface area (Å²) in [6.07, 6.45) is 6.48. The second-order valence-electron chi connectivity index (χ2n) is 9.66. The van der Waals surface area contributed by atoms with Crippen molar-refractivity contribution < 1.29 is 32.0 Å². The molecule has 3 heterocycles. The molecule has 0 radical (unpaired) electrons. The molecule has 2 bridgehead atoms. The van der Waals surface area contributed by atoms with Crippen molar-refractivity contribution in [2.75, 3.05) is 13.1 Å². The first kappa shape index (κ1) is 21.9. The quantitative estimate of drug-likeness (QED) is 0.475. The fraction of sp³-hybridized carbons (Fsp3) is 0.440. The van der Waals surface area contributed by atoms with Gasteiger partial charge in [0.1, 0.15) is 12.2 Å². The number of phenols is 1. The van der Waals surface area contributed by atoms with Crippen LogP contribution in [0.5, 0.6) is 11.5 Å². The van der Waals surface area contributed by atoms with Crippen molar-refractivity contribution >= 4 is 16.2 Å². The number of likely N-dealkylation sites (tertiary alicyclic amines) is 1. The predicted octanol–water partition coefficient (Wildman–Crippen LogP) is 2.71. The minimum absolute atomic E-state index is 0.00157. The van der Waals surface area contributed by atoms with Crippen molar-refractivity contribution in [1.82, 2.24) is 4.90 Å². The van der Waals surface area contributed by atoms with Crippen LogP contribution in [0, 0.1) is 0 Å². The molecule has 180 valence electrons. The van der Waals surface area contributed by atoms with Crippen LogP contribution >= 0.6 is 0 Å². The molecule has 1 saturated carbocycles. The Labute approximate surface area is 198 Å².